The van der Waals surface area contributed by atoms with E-state index in [2.05, 4.69) is 5.10 Å². The molecule has 0 amide bonds. The van der Waals surface area contributed by atoms with Crippen LogP contribution in [0.4, 0.5) is 0 Å². The molecular formula is C16H16N2O3. The summed E-state index contributed by atoms with van der Waals surface area (Å²) in [6, 6.07) is 9.59. The SMILES string of the molecule is CCOC(=O)c1c(C)nn2c1ccc1cc(OC)ccc12. The number of carbonyl (C=O) groups excluding carboxylic acids is 1. The molecule has 2 aromatic heterocycles. The van der Waals surface area contributed by atoms with E-state index in [4.69, 9.17) is 9.47 Å². The number of ether oxygens (including phenoxy) is 2. The predicted octanol–water partition coefficient (Wildman–Crippen LogP) is 2.98. The van der Waals surface area contributed by atoms with Gasteiger partial charge in [0.05, 0.1) is 30.4 Å². The van der Waals surface area contributed by atoms with Crippen molar-refractivity contribution in [3.8, 4) is 5.75 Å². The summed E-state index contributed by atoms with van der Waals surface area (Å²) >= 11 is 0. The van der Waals surface area contributed by atoms with E-state index in [9.17, 15) is 4.79 Å². The van der Waals surface area contributed by atoms with E-state index in [1.165, 1.54) is 0 Å². The molecule has 0 radical (unpaired) electrons. The number of methoxy groups -OCH3 is 1. The van der Waals surface area contributed by atoms with Crippen LogP contribution in [0.5, 0.6) is 5.75 Å². The van der Waals surface area contributed by atoms with E-state index < -0.39 is 0 Å². The molecule has 5 nitrogen and oxygen atoms in total. The van der Waals surface area contributed by atoms with Crippen LogP contribution in [0.25, 0.3) is 16.4 Å². The van der Waals surface area contributed by atoms with Crippen molar-refractivity contribution < 1.29 is 14.3 Å². The van der Waals surface area contributed by atoms with Gasteiger partial charge in [0.25, 0.3) is 0 Å². The minimum atomic E-state index is -0.335. The first-order valence-corrected chi connectivity index (χ1v) is 6.79. The van der Waals surface area contributed by atoms with E-state index in [1.807, 2.05) is 37.3 Å². The molecule has 0 saturated carbocycles. The molecule has 0 fully saturated rings. The average molecular weight is 284 g/mol. The Morgan fingerprint density at radius 3 is 2.71 bits per heavy atom. The van der Waals surface area contributed by atoms with Gasteiger partial charge in [-0.25, -0.2) is 9.31 Å². The Morgan fingerprint density at radius 2 is 2.00 bits per heavy atom. The van der Waals surface area contributed by atoms with Crippen LogP contribution in [0, 0.1) is 6.92 Å². The van der Waals surface area contributed by atoms with Gasteiger partial charge in [0.15, 0.2) is 0 Å². The third-order valence-electron chi connectivity index (χ3n) is 3.46. The third-order valence-corrected chi connectivity index (χ3v) is 3.46. The number of esters is 1. The summed E-state index contributed by atoms with van der Waals surface area (Å²) in [6.45, 7) is 3.95. The Kier molecular flexibility index (Phi) is 3.25. The van der Waals surface area contributed by atoms with Gasteiger partial charge in [-0.2, -0.15) is 5.10 Å². The quantitative estimate of drug-likeness (QED) is 0.694. The fourth-order valence-electron chi connectivity index (χ4n) is 2.49. The molecule has 0 atom stereocenters. The topological polar surface area (TPSA) is 52.8 Å². The fraction of sp³-hybridized carbons (Fsp3) is 0.250. The standard InChI is InChI=1S/C16H16N2O3/c1-4-21-16(19)15-10(2)17-18-13-8-6-12(20-3)9-11(13)5-7-14(15)18/h5-9H,4H2,1-3H3. The van der Waals surface area contributed by atoms with Crippen molar-refractivity contribution in [2.24, 2.45) is 0 Å². The Hall–Kier alpha value is -2.56. The first-order valence-electron chi connectivity index (χ1n) is 6.79. The molecule has 0 N–H and O–H groups in total. The summed E-state index contributed by atoms with van der Waals surface area (Å²) in [5.74, 6) is 0.453. The first-order chi connectivity index (χ1) is 10.2. The van der Waals surface area contributed by atoms with E-state index >= 15 is 0 Å². The van der Waals surface area contributed by atoms with Gasteiger partial charge in [-0.05, 0) is 38.1 Å². The molecule has 3 aromatic rings. The van der Waals surface area contributed by atoms with Gasteiger partial charge < -0.3 is 9.47 Å². The molecule has 0 unspecified atom stereocenters. The summed E-state index contributed by atoms with van der Waals surface area (Å²) in [5, 5.41) is 5.47. The Balaban J connectivity index is 2.27. The highest BCUT2D eigenvalue weighted by Gasteiger charge is 2.19. The number of aryl methyl sites for hydroxylation is 1. The van der Waals surface area contributed by atoms with Crippen LogP contribution in [-0.4, -0.2) is 29.3 Å². The van der Waals surface area contributed by atoms with Crippen LogP contribution in [0.2, 0.25) is 0 Å². The monoisotopic (exact) mass is 284 g/mol. The maximum absolute atomic E-state index is 12.1. The fourth-order valence-corrected chi connectivity index (χ4v) is 2.49. The van der Waals surface area contributed by atoms with Crippen molar-refractivity contribution >= 4 is 22.4 Å². The van der Waals surface area contributed by atoms with Gasteiger partial charge in [-0.15, -0.1) is 0 Å². The second-order valence-electron chi connectivity index (χ2n) is 4.74. The first kappa shape index (κ1) is 13.4. The largest absolute Gasteiger partial charge is 0.497 e. The van der Waals surface area contributed by atoms with Gasteiger partial charge in [0, 0.05) is 5.39 Å². The normalized spacial score (nSPS) is 11.0. The van der Waals surface area contributed by atoms with E-state index in [0.717, 1.165) is 22.2 Å². The predicted molar refractivity (Wildman–Crippen MR) is 79.9 cm³/mol. The van der Waals surface area contributed by atoms with Crippen molar-refractivity contribution in [2.45, 2.75) is 13.8 Å². The van der Waals surface area contributed by atoms with Gasteiger partial charge in [-0.3, -0.25) is 0 Å². The smallest absolute Gasteiger partial charge is 0.342 e. The summed E-state index contributed by atoms with van der Waals surface area (Å²) < 4.78 is 12.1. The second kappa shape index (κ2) is 5.09. The zero-order chi connectivity index (χ0) is 15.0. The molecule has 0 aliphatic carbocycles. The summed E-state index contributed by atoms with van der Waals surface area (Å²) in [7, 11) is 1.64. The molecule has 0 aliphatic heterocycles. The number of nitrogens with zero attached hydrogens (tertiary/aromatic N) is 2. The van der Waals surface area contributed by atoms with Crippen LogP contribution in [-0.2, 0) is 4.74 Å². The molecule has 1 aromatic carbocycles. The van der Waals surface area contributed by atoms with Crippen molar-refractivity contribution in [3.63, 3.8) is 0 Å². The number of carbonyl (C=O) groups is 1. The molecule has 0 bridgehead atoms. The molecule has 0 saturated heterocycles. The lowest BCUT2D eigenvalue weighted by Crippen LogP contribution is -2.05. The highest BCUT2D eigenvalue weighted by Crippen LogP contribution is 2.25. The molecule has 0 aliphatic rings. The maximum atomic E-state index is 12.1. The molecule has 108 valence electrons. The van der Waals surface area contributed by atoms with Gasteiger partial charge in [-0.1, -0.05) is 6.07 Å². The Morgan fingerprint density at radius 1 is 1.24 bits per heavy atom. The van der Waals surface area contributed by atoms with E-state index in [0.29, 0.717) is 17.9 Å². The highest BCUT2D eigenvalue weighted by atomic mass is 16.5. The minimum Gasteiger partial charge on any atom is -0.497 e. The average Bonchev–Trinajstić information content (AvgIpc) is 2.83. The van der Waals surface area contributed by atoms with Crippen molar-refractivity contribution in [1.82, 2.24) is 9.61 Å². The maximum Gasteiger partial charge on any atom is 0.342 e. The zero-order valence-corrected chi connectivity index (χ0v) is 12.2. The molecule has 3 rings (SSSR count). The van der Waals surface area contributed by atoms with Gasteiger partial charge >= 0.3 is 5.97 Å². The third kappa shape index (κ3) is 2.11. The van der Waals surface area contributed by atoms with E-state index in [1.54, 1.807) is 18.5 Å². The number of aromatic nitrogens is 2. The molecule has 5 heteroatoms. The number of benzene rings is 1. The molecule has 21 heavy (non-hydrogen) atoms. The van der Waals surface area contributed by atoms with Crippen LogP contribution < -0.4 is 4.74 Å². The Bertz CT molecular complexity index is 836. The van der Waals surface area contributed by atoms with Crippen LogP contribution in [0.1, 0.15) is 23.0 Å². The summed E-state index contributed by atoms with van der Waals surface area (Å²) in [5.41, 5.74) is 2.86. The van der Waals surface area contributed by atoms with E-state index in [-0.39, 0.29) is 5.97 Å². The van der Waals surface area contributed by atoms with Crippen molar-refractivity contribution in [2.75, 3.05) is 13.7 Å². The van der Waals surface area contributed by atoms with Crippen molar-refractivity contribution in [3.05, 3.63) is 41.6 Å². The number of pyridine rings is 1. The Labute approximate surface area is 122 Å². The lowest BCUT2D eigenvalue weighted by atomic mass is 10.1. The lowest BCUT2D eigenvalue weighted by Gasteiger charge is -2.05. The van der Waals surface area contributed by atoms with Crippen LogP contribution in [0.15, 0.2) is 30.3 Å². The number of rotatable bonds is 3. The number of hydrogen-bond acceptors (Lipinski definition) is 4. The highest BCUT2D eigenvalue weighted by molar-refractivity contribution is 6.00. The molecule has 0 spiro atoms. The summed E-state index contributed by atoms with van der Waals surface area (Å²) in [4.78, 5) is 12.1. The lowest BCUT2D eigenvalue weighted by molar-refractivity contribution is 0.0528. The minimum absolute atomic E-state index is 0.335. The molecule has 2 heterocycles. The van der Waals surface area contributed by atoms with Crippen LogP contribution in [0.3, 0.4) is 0 Å². The summed E-state index contributed by atoms with van der Waals surface area (Å²) in [6.07, 6.45) is 0. The number of fused-ring (bicyclic) bond motifs is 3. The number of hydrogen-bond donors (Lipinski definition) is 0. The molecular weight excluding hydrogens is 268 g/mol. The van der Waals surface area contributed by atoms with Gasteiger partial charge in [0.1, 0.15) is 11.3 Å². The second-order valence-corrected chi connectivity index (χ2v) is 4.74. The zero-order valence-electron chi connectivity index (χ0n) is 12.2. The van der Waals surface area contributed by atoms with Crippen LogP contribution >= 0.6 is 0 Å². The van der Waals surface area contributed by atoms with Gasteiger partial charge in [0.2, 0.25) is 0 Å². The van der Waals surface area contributed by atoms with Crippen molar-refractivity contribution in [1.29, 1.82) is 0 Å².